The Morgan fingerprint density at radius 3 is 2.83 bits per heavy atom. The summed E-state index contributed by atoms with van der Waals surface area (Å²) in [6, 6.07) is 6.61. The molecule has 2 N–H and O–H groups in total. The number of aromatic amines is 1. The fourth-order valence-corrected chi connectivity index (χ4v) is 3.27. The van der Waals surface area contributed by atoms with Crippen LogP contribution in [0.4, 0.5) is 5.95 Å². The zero-order valence-corrected chi connectivity index (χ0v) is 13.6. The van der Waals surface area contributed by atoms with E-state index in [1.807, 2.05) is 30.6 Å². The van der Waals surface area contributed by atoms with E-state index in [2.05, 4.69) is 20.2 Å². The van der Waals surface area contributed by atoms with Crippen molar-refractivity contribution in [2.24, 2.45) is 0 Å². The zero-order valence-electron chi connectivity index (χ0n) is 13.6. The fourth-order valence-electron chi connectivity index (χ4n) is 3.27. The van der Waals surface area contributed by atoms with E-state index in [4.69, 9.17) is 14.5 Å². The molecule has 4 heterocycles. The molecule has 0 spiro atoms. The highest BCUT2D eigenvalue weighted by molar-refractivity contribution is 5.55. The molecule has 2 aliphatic heterocycles. The standard InChI is InChI=1S/C17H23N5O2/c1-2-15(18-5-1)16-3-6-19-17(21-16)22-7-4-13(10-22)20-14-11-23-8-9-24-12-14/h1-3,5-6,13-14,18,20H,4,7-12H2. The van der Waals surface area contributed by atoms with Crippen LogP contribution in [0.5, 0.6) is 0 Å². The molecule has 2 aromatic heterocycles. The van der Waals surface area contributed by atoms with Gasteiger partial charge in [-0.25, -0.2) is 9.97 Å². The minimum absolute atomic E-state index is 0.267. The Hall–Kier alpha value is -1.96. The van der Waals surface area contributed by atoms with Gasteiger partial charge in [-0.3, -0.25) is 0 Å². The monoisotopic (exact) mass is 329 g/mol. The highest BCUT2D eigenvalue weighted by atomic mass is 16.5. The summed E-state index contributed by atoms with van der Waals surface area (Å²) in [5.74, 6) is 0.791. The van der Waals surface area contributed by atoms with Crippen LogP contribution in [0.3, 0.4) is 0 Å². The molecule has 0 aromatic carbocycles. The third-order valence-corrected chi connectivity index (χ3v) is 4.47. The van der Waals surface area contributed by atoms with Gasteiger partial charge in [0.2, 0.25) is 5.95 Å². The Morgan fingerprint density at radius 1 is 1.17 bits per heavy atom. The van der Waals surface area contributed by atoms with Crippen LogP contribution in [-0.2, 0) is 9.47 Å². The molecule has 0 radical (unpaired) electrons. The summed E-state index contributed by atoms with van der Waals surface area (Å²) < 4.78 is 11.1. The SMILES string of the molecule is c1c[nH]c(-c2ccnc(N3CCC(NC4COCCOC4)C3)n2)c1. The van der Waals surface area contributed by atoms with Gasteiger partial charge in [0.25, 0.3) is 0 Å². The van der Waals surface area contributed by atoms with Crippen molar-refractivity contribution in [1.29, 1.82) is 0 Å². The van der Waals surface area contributed by atoms with E-state index >= 15 is 0 Å². The molecule has 2 aromatic rings. The largest absolute Gasteiger partial charge is 0.377 e. The molecule has 0 bridgehead atoms. The normalized spacial score (nSPS) is 22.7. The molecule has 1 unspecified atom stereocenters. The molecule has 2 saturated heterocycles. The van der Waals surface area contributed by atoms with Crippen molar-refractivity contribution in [3.8, 4) is 11.4 Å². The van der Waals surface area contributed by atoms with Gasteiger partial charge in [-0.2, -0.15) is 0 Å². The molecule has 2 fully saturated rings. The van der Waals surface area contributed by atoms with Gasteiger partial charge in [-0.15, -0.1) is 0 Å². The molecule has 7 heteroatoms. The van der Waals surface area contributed by atoms with E-state index in [1.54, 1.807) is 0 Å². The topological polar surface area (TPSA) is 75.3 Å². The van der Waals surface area contributed by atoms with Crippen molar-refractivity contribution < 1.29 is 9.47 Å². The average Bonchev–Trinajstić information content (AvgIpc) is 3.24. The fraction of sp³-hybridized carbons (Fsp3) is 0.529. The number of hydrogen-bond acceptors (Lipinski definition) is 6. The van der Waals surface area contributed by atoms with Crippen LogP contribution in [0.15, 0.2) is 30.6 Å². The minimum Gasteiger partial charge on any atom is -0.377 e. The van der Waals surface area contributed by atoms with Gasteiger partial charge in [0.1, 0.15) is 0 Å². The summed E-state index contributed by atoms with van der Waals surface area (Å²) in [7, 11) is 0. The van der Waals surface area contributed by atoms with Crippen LogP contribution in [0.25, 0.3) is 11.4 Å². The predicted octanol–water partition coefficient (Wildman–Crippen LogP) is 1.06. The molecule has 4 rings (SSSR count). The van der Waals surface area contributed by atoms with Crippen LogP contribution in [0.2, 0.25) is 0 Å². The molecular formula is C17H23N5O2. The Labute approximate surface area is 141 Å². The van der Waals surface area contributed by atoms with E-state index in [9.17, 15) is 0 Å². The summed E-state index contributed by atoms with van der Waals surface area (Å²) in [4.78, 5) is 14.6. The number of nitrogens with zero attached hydrogens (tertiary/aromatic N) is 3. The second-order valence-corrected chi connectivity index (χ2v) is 6.27. The molecule has 24 heavy (non-hydrogen) atoms. The van der Waals surface area contributed by atoms with Gasteiger partial charge in [-0.05, 0) is 24.6 Å². The molecule has 2 aliphatic rings. The zero-order chi connectivity index (χ0) is 16.2. The molecule has 7 nitrogen and oxygen atoms in total. The van der Waals surface area contributed by atoms with Crippen LogP contribution in [0.1, 0.15) is 6.42 Å². The Bertz CT molecular complexity index is 640. The lowest BCUT2D eigenvalue weighted by Gasteiger charge is -2.21. The highest BCUT2D eigenvalue weighted by Gasteiger charge is 2.27. The molecule has 0 saturated carbocycles. The summed E-state index contributed by atoms with van der Waals surface area (Å²) in [5, 5.41) is 3.65. The van der Waals surface area contributed by atoms with Crippen LogP contribution < -0.4 is 10.2 Å². The van der Waals surface area contributed by atoms with Gasteiger partial charge < -0.3 is 24.7 Å². The maximum absolute atomic E-state index is 5.56. The Kier molecular flexibility index (Phi) is 4.73. The lowest BCUT2D eigenvalue weighted by molar-refractivity contribution is 0.103. The second kappa shape index (κ2) is 7.29. The summed E-state index contributed by atoms with van der Waals surface area (Å²) in [5.41, 5.74) is 1.94. The van der Waals surface area contributed by atoms with Gasteiger partial charge in [0, 0.05) is 31.5 Å². The van der Waals surface area contributed by atoms with Crippen molar-refractivity contribution in [3.63, 3.8) is 0 Å². The van der Waals surface area contributed by atoms with E-state index < -0.39 is 0 Å². The summed E-state index contributed by atoms with van der Waals surface area (Å²) >= 11 is 0. The third-order valence-electron chi connectivity index (χ3n) is 4.47. The highest BCUT2D eigenvalue weighted by Crippen LogP contribution is 2.20. The van der Waals surface area contributed by atoms with Crippen molar-refractivity contribution in [2.45, 2.75) is 18.5 Å². The van der Waals surface area contributed by atoms with Gasteiger partial charge in [0.15, 0.2) is 0 Å². The van der Waals surface area contributed by atoms with Crippen LogP contribution >= 0.6 is 0 Å². The predicted molar refractivity (Wildman–Crippen MR) is 91.0 cm³/mol. The van der Waals surface area contributed by atoms with Gasteiger partial charge in [0.05, 0.1) is 43.9 Å². The first-order chi connectivity index (χ1) is 11.9. The van der Waals surface area contributed by atoms with Crippen molar-refractivity contribution in [1.82, 2.24) is 20.3 Å². The van der Waals surface area contributed by atoms with Crippen LogP contribution in [-0.4, -0.2) is 66.6 Å². The number of H-pyrrole nitrogens is 1. The quantitative estimate of drug-likeness (QED) is 0.873. The summed E-state index contributed by atoms with van der Waals surface area (Å²) in [6.07, 6.45) is 4.81. The molecule has 128 valence electrons. The first-order valence-corrected chi connectivity index (χ1v) is 8.52. The number of hydrogen-bond donors (Lipinski definition) is 2. The number of aromatic nitrogens is 3. The van der Waals surface area contributed by atoms with Gasteiger partial charge >= 0.3 is 0 Å². The number of nitrogens with one attached hydrogen (secondary N) is 2. The van der Waals surface area contributed by atoms with E-state index in [-0.39, 0.29) is 6.04 Å². The lowest BCUT2D eigenvalue weighted by Crippen LogP contribution is -2.44. The minimum atomic E-state index is 0.267. The van der Waals surface area contributed by atoms with E-state index in [0.717, 1.165) is 50.1 Å². The molecule has 0 amide bonds. The average molecular weight is 329 g/mol. The molecular weight excluding hydrogens is 306 g/mol. The number of rotatable bonds is 4. The molecule has 0 aliphatic carbocycles. The van der Waals surface area contributed by atoms with Crippen molar-refractivity contribution >= 4 is 5.95 Å². The maximum Gasteiger partial charge on any atom is 0.225 e. The van der Waals surface area contributed by atoms with E-state index in [1.165, 1.54) is 0 Å². The van der Waals surface area contributed by atoms with Crippen molar-refractivity contribution in [3.05, 3.63) is 30.6 Å². The molecule has 1 atom stereocenters. The Morgan fingerprint density at radius 2 is 2.04 bits per heavy atom. The summed E-state index contributed by atoms with van der Waals surface area (Å²) in [6.45, 7) is 4.68. The maximum atomic E-state index is 5.56. The van der Waals surface area contributed by atoms with Crippen molar-refractivity contribution in [2.75, 3.05) is 44.4 Å². The van der Waals surface area contributed by atoms with E-state index in [0.29, 0.717) is 19.3 Å². The number of ether oxygens (including phenoxy) is 2. The van der Waals surface area contributed by atoms with Gasteiger partial charge in [-0.1, -0.05) is 0 Å². The number of anilines is 1. The lowest BCUT2D eigenvalue weighted by atomic mass is 10.2. The Balaban J connectivity index is 1.38. The smallest absolute Gasteiger partial charge is 0.225 e. The first kappa shape index (κ1) is 15.6. The first-order valence-electron chi connectivity index (χ1n) is 8.52. The second-order valence-electron chi connectivity index (χ2n) is 6.27. The van der Waals surface area contributed by atoms with Crippen LogP contribution in [0, 0.1) is 0 Å². The third kappa shape index (κ3) is 3.58.